The Morgan fingerprint density at radius 2 is 1.91 bits per heavy atom. The molecule has 0 aromatic heterocycles. The summed E-state index contributed by atoms with van der Waals surface area (Å²) in [5.74, 6) is 0. The average Bonchev–Trinajstić information content (AvgIpc) is 1.87. The molecule has 0 aliphatic rings. The van der Waals surface area contributed by atoms with Gasteiger partial charge in [0.25, 0.3) is 0 Å². The number of primary amides is 1. The molecular weight excluding hydrogens is 148 g/mol. The first kappa shape index (κ1) is 10.2. The van der Waals surface area contributed by atoms with E-state index < -0.39 is 12.4 Å². The molecule has 0 spiro atoms. The lowest BCUT2D eigenvalue weighted by Crippen LogP contribution is -2.42. The van der Waals surface area contributed by atoms with Crippen molar-refractivity contribution < 1.29 is 14.3 Å². The quantitative estimate of drug-likeness (QED) is 0.559. The van der Waals surface area contributed by atoms with Gasteiger partial charge in [0.05, 0.1) is 0 Å². The van der Waals surface area contributed by atoms with E-state index >= 15 is 0 Å². The third kappa shape index (κ3) is 5.63. The Bertz CT molecular complexity index is 112. The summed E-state index contributed by atoms with van der Waals surface area (Å²) in [6.07, 6.45) is -0.720. The van der Waals surface area contributed by atoms with E-state index in [-0.39, 0.29) is 0 Å². The first-order valence-corrected chi connectivity index (χ1v) is 3.49. The van der Waals surface area contributed by atoms with Gasteiger partial charge in [-0.05, 0) is 13.8 Å². The van der Waals surface area contributed by atoms with Gasteiger partial charge in [-0.3, -0.25) is 5.32 Å². The van der Waals surface area contributed by atoms with Crippen LogP contribution in [0.25, 0.3) is 0 Å². The highest BCUT2D eigenvalue weighted by Gasteiger charge is 2.07. The summed E-state index contributed by atoms with van der Waals surface area (Å²) in [6.45, 7) is 4.53. The van der Waals surface area contributed by atoms with E-state index in [9.17, 15) is 4.79 Å². The van der Waals surface area contributed by atoms with Crippen LogP contribution in [0.4, 0.5) is 4.79 Å². The van der Waals surface area contributed by atoms with Crippen molar-refractivity contribution in [3.05, 3.63) is 0 Å². The van der Waals surface area contributed by atoms with Crippen LogP contribution in [0, 0.1) is 0 Å². The fraction of sp³-hybridized carbons (Fsp3) is 0.833. The molecule has 0 saturated carbocycles. The summed E-state index contributed by atoms with van der Waals surface area (Å²) >= 11 is 0. The summed E-state index contributed by atoms with van der Waals surface area (Å²) in [6, 6.07) is -0.656. The smallest absolute Gasteiger partial charge is 0.316 e. The summed E-state index contributed by atoms with van der Waals surface area (Å²) in [4.78, 5) is 10.3. The Labute approximate surface area is 65.8 Å². The van der Waals surface area contributed by atoms with Crippen molar-refractivity contribution >= 4 is 6.03 Å². The summed E-state index contributed by atoms with van der Waals surface area (Å²) in [5, 5.41) is 2.28. The average molecular weight is 162 g/mol. The van der Waals surface area contributed by atoms with Gasteiger partial charge in [0.1, 0.15) is 0 Å². The van der Waals surface area contributed by atoms with Crippen LogP contribution >= 0.6 is 0 Å². The van der Waals surface area contributed by atoms with Crippen LogP contribution in [0.2, 0.25) is 0 Å². The van der Waals surface area contributed by atoms with Gasteiger partial charge in [0.2, 0.25) is 6.41 Å². The second-order valence-corrected chi connectivity index (χ2v) is 1.75. The molecule has 11 heavy (non-hydrogen) atoms. The fourth-order valence-electron chi connectivity index (χ4n) is 0.550. The van der Waals surface area contributed by atoms with Crippen LogP contribution in [-0.4, -0.2) is 25.7 Å². The van der Waals surface area contributed by atoms with Gasteiger partial charge in [0.15, 0.2) is 0 Å². The maximum Gasteiger partial charge on any atom is 0.316 e. The van der Waals surface area contributed by atoms with E-state index in [1.54, 1.807) is 13.8 Å². The molecule has 0 fully saturated rings. The van der Waals surface area contributed by atoms with E-state index in [0.717, 1.165) is 0 Å². The highest BCUT2D eigenvalue weighted by molar-refractivity contribution is 5.71. The van der Waals surface area contributed by atoms with E-state index in [0.29, 0.717) is 13.2 Å². The molecule has 0 heterocycles. The number of ether oxygens (including phenoxy) is 2. The minimum absolute atomic E-state index is 0.463. The van der Waals surface area contributed by atoms with Gasteiger partial charge in [-0.2, -0.15) is 0 Å². The molecule has 5 nitrogen and oxygen atoms in total. The van der Waals surface area contributed by atoms with Gasteiger partial charge in [-0.15, -0.1) is 0 Å². The number of rotatable bonds is 5. The number of carbonyl (C=O) groups is 1. The van der Waals surface area contributed by atoms with Crippen molar-refractivity contribution in [2.24, 2.45) is 5.73 Å². The van der Waals surface area contributed by atoms with E-state index in [1.165, 1.54) is 0 Å². The molecule has 66 valence electrons. The largest absolute Gasteiger partial charge is 0.352 e. The van der Waals surface area contributed by atoms with Crippen molar-refractivity contribution in [3.63, 3.8) is 0 Å². The van der Waals surface area contributed by atoms with Crippen molar-refractivity contribution in [1.29, 1.82) is 0 Å². The molecule has 0 aliphatic carbocycles. The zero-order valence-corrected chi connectivity index (χ0v) is 6.79. The second-order valence-electron chi connectivity index (χ2n) is 1.75. The predicted molar refractivity (Wildman–Crippen MR) is 39.8 cm³/mol. The van der Waals surface area contributed by atoms with E-state index in [2.05, 4.69) is 5.32 Å². The molecule has 2 amide bonds. The third-order valence-electron chi connectivity index (χ3n) is 0.896. The van der Waals surface area contributed by atoms with Crippen LogP contribution in [-0.2, 0) is 9.47 Å². The molecule has 0 unspecified atom stereocenters. The minimum Gasteiger partial charge on any atom is -0.352 e. The molecule has 0 saturated heterocycles. The number of nitrogens with one attached hydrogen (secondary N) is 1. The maximum atomic E-state index is 10.3. The number of nitrogens with two attached hydrogens (primary N) is 1. The standard InChI is InChI=1S/C6H14N2O3/c1-3-10-6(11-4-2)8-5(7)9/h6H,3-4H2,1-2H3,(H3,7,8,9). The van der Waals surface area contributed by atoms with Crippen LogP contribution in [0.5, 0.6) is 0 Å². The number of amides is 2. The molecule has 5 heteroatoms. The number of urea groups is 1. The molecular formula is C6H14N2O3. The lowest BCUT2D eigenvalue weighted by atomic mass is 10.8. The molecule has 0 atom stereocenters. The molecule has 0 aromatic rings. The summed E-state index contributed by atoms with van der Waals surface area (Å²) < 4.78 is 9.92. The van der Waals surface area contributed by atoms with Gasteiger partial charge in [0, 0.05) is 13.2 Å². The first-order valence-electron chi connectivity index (χ1n) is 3.49. The molecule has 0 radical (unpaired) electrons. The first-order chi connectivity index (χ1) is 5.20. The number of hydrogen-bond donors (Lipinski definition) is 2. The topological polar surface area (TPSA) is 73.6 Å². The van der Waals surface area contributed by atoms with Crippen LogP contribution in [0.15, 0.2) is 0 Å². The van der Waals surface area contributed by atoms with Crippen LogP contribution in [0.3, 0.4) is 0 Å². The maximum absolute atomic E-state index is 10.3. The van der Waals surface area contributed by atoms with E-state index in [4.69, 9.17) is 15.2 Å². The van der Waals surface area contributed by atoms with Crippen LogP contribution < -0.4 is 11.1 Å². The Kier molecular flexibility index (Phi) is 5.50. The van der Waals surface area contributed by atoms with Gasteiger partial charge in [-0.25, -0.2) is 4.79 Å². The van der Waals surface area contributed by atoms with E-state index in [1.807, 2.05) is 0 Å². The third-order valence-corrected chi connectivity index (χ3v) is 0.896. The van der Waals surface area contributed by atoms with Gasteiger partial charge >= 0.3 is 6.03 Å². The van der Waals surface area contributed by atoms with Gasteiger partial charge in [-0.1, -0.05) is 0 Å². The zero-order valence-electron chi connectivity index (χ0n) is 6.79. The van der Waals surface area contributed by atoms with Gasteiger partial charge < -0.3 is 15.2 Å². The lowest BCUT2D eigenvalue weighted by molar-refractivity contribution is -0.146. The minimum atomic E-state index is -0.720. The molecule has 0 aromatic carbocycles. The highest BCUT2D eigenvalue weighted by Crippen LogP contribution is 1.88. The highest BCUT2D eigenvalue weighted by atomic mass is 16.7. The molecule has 3 N–H and O–H groups in total. The molecule has 0 rings (SSSR count). The Morgan fingerprint density at radius 3 is 2.18 bits per heavy atom. The van der Waals surface area contributed by atoms with Crippen molar-refractivity contribution in [1.82, 2.24) is 5.32 Å². The lowest BCUT2D eigenvalue weighted by Gasteiger charge is -2.16. The molecule has 0 bridgehead atoms. The fourth-order valence-corrected chi connectivity index (χ4v) is 0.550. The Morgan fingerprint density at radius 1 is 1.45 bits per heavy atom. The summed E-state index contributed by atoms with van der Waals surface area (Å²) in [7, 11) is 0. The Hall–Kier alpha value is -0.810. The second kappa shape index (κ2) is 5.94. The SMILES string of the molecule is CCOC(NC(N)=O)OCC. The van der Waals surface area contributed by atoms with Crippen molar-refractivity contribution in [2.75, 3.05) is 13.2 Å². The zero-order chi connectivity index (χ0) is 8.69. The Balaban J connectivity index is 3.59. The number of carbonyl (C=O) groups excluding carboxylic acids is 1. The molecule has 0 aliphatic heterocycles. The van der Waals surface area contributed by atoms with Crippen LogP contribution in [0.1, 0.15) is 13.8 Å². The summed E-state index contributed by atoms with van der Waals surface area (Å²) in [5.41, 5.74) is 4.84. The van der Waals surface area contributed by atoms with Crippen molar-refractivity contribution in [3.8, 4) is 0 Å². The predicted octanol–water partition coefficient (Wildman–Crippen LogP) is 0.0113. The van der Waals surface area contributed by atoms with Crippen molar-refractivity contribution in [2.45, 2.75) is 20.3 Å². The number of hydrogen-bond acceptors (Lipinski definition) is 3. The normalized spacial score (nSPS) is 10.1. The monoisotopic (exact) mass is 162 g/mol.